The van der Waals surface area contributed by atoms with Crippen molar-refractivity contribution in [1.82, 2.24) is 14.3 Å². The SMILES string of the molecule is Cn1nc2c(c1C(F)(F)F)-c1cccc3c(CCCOc4cccc5ccccc45)c(C(=O)[O-])n(c13)CCCCOC2. The third-order valence-electron chi connectivity index (χ3n) is 7.78. The number of hydrogen-bond donors (Lipinski definition) is 0. The monoisotopic (exact) mass is 576 g/mol. The maximum atomic E-state index is 14.4. The number of ether oxygens (including phenoxy) is 2. The summed E-state index contributed by atoms with van der Waals surface area (Å²) in [5.74, 6) is -0.630. The van der Waals surface area contributed by atoms with Crippen LogP contribution in [0.5, 0.6) is 5.75 Å². The summed E-state index contributed by atoms with van der Waals surface area (Å²) in [6.45, 7) is 0.859. The van der Waals surface area contributed by atoms with Crippen LogP contribution in [-0.2, 0) is 37.5 Å². The summed E-state index contributed by atoms with van der Waals surface area (Å²) in [5, 5.41) is 19.4. The summed E-state index contributed by atoms with van der Waals surface area (Å²) < 4.78 is 57.3. The Hall–Kier alpha value is -4.31. The van der Waals surface area contributed by atoms with E-state index in [1.165, 1.54) is 7.05 Å². The molecule has 0 fully saturated rings. The van der Waals surface area contributed by atoms with E-state index in [-0.39, 0.29) is 29.1 Å². The number of aryl methyl sites for hydroxylation is 3. The Balaban J connectivity index is 1.44. The predicted octanol–water partition coefficient (Wildman–Crippen LogP) is 5.90. The van der Waals surface area contributed by atoms with E-state index in [0.29, 0.717) is 61.9 Å². The van der Waals surface area contributed by atoms with Crippen molar-refractivity contribution in [2.45, 2.75) is 45.0 Å². The van der Waals surface area contributed by atoms with Crippen molar-refractivity contribution in [2.24, 2.45) is 7.05 Å². The van der Waals surface area contributed by atoms with Gasteiger partial charge in [-0.25, -0.2) is 0 Å². The summed E-state index contributed by atoms with van der Waals surface area (Å²) in [6.07, 6.45) is -2.66. The van der Waals surface area contributed by atoms with Crippen LogP contribution in [-0.4, -0.2) is 33.5 Å². The van der Waals surface area contributed by atoms with Gasteiger partial charge in [-0.1, -0.05) is 54.6 Å². The van der Waals surface area contributed by atoms with Crippen LogP contribution in [0.4, 0.5) is 13.2 Å². The quantitative estimate of drug-likeness (QED) is 0.235. The first kappa shape index (κ1) is 27.8. The molecule has 3 heterocycles. The van der Waals surface area contributed by atoms with Gasteiger partial charge in [-0.2, -0.15) is 18.3 Å². The number of halogens is 3. The van der Waals surface area contributed by atoms with Gasteiger partial charge in [0.1, 0.15) is 5.75 Å². The van der Waals surface area contributed by atoms with E-state index in [9.17, 15) is 23.1 Å². The van der Waals surface area contributed by atoms with Crippen LogP contribution in [0.2, 0.25) is 0 Å². The van der Waals surface area contributed by atoms with Crippen molar-refractivity contribution in [3.63, 3.8) is 0 Å². The predicted molar refractivity (Wildman–Crippen MR) is 150 cm³/mol. The maximum Gasteiger partial charge on any atom is 0.433 e. The van der Waals surface area contributed by atoms with Gasteiger partial charge in [-0.15, -0.1) is 0 Å². The van der Waals surface area contributed by atoms with Crippen LogP contribution in [0.3, 0.4) is 0 Å². The number of aromatic carboxylic acids is 1. The Kier molecular flexibility index (Phi) is 7.40. The number of nitrogens with zero attached hydrogens (tertiary/aromatic N) is 3. The zero-order valence-electron chi connectivity index (χ0n) is 23.0. The second kappa shape index (κ2) is 11.2. The molecule has 1 aliphatic rings. The van der Waals surface area contributed by atoms with Crippen molar-refractivity contribution in [2.75, 3.05) is 13.2 Å². The smallest absolute Gasteiger partial charge is 0.433 e. The molecule has 0 atom stereocenters. The molecule has 0 amide bonds. The Morgan fingerprint density at radius 2 is 1.81 bits per heavy atom. The highest BCUT2D eigenvalue weighted by Crippen LogP contribution is 2.43. The fourth-order valence-electron chi connectivity index (χ4n) is 6.08. The van der Waals surface area contributed by atoms with Gasteiger partial charge in [0.2, 0.25) is 0 Å². The standard InChI is InChI=1S/C32H30F3N3O4/c1-37-30(32(33,34)35)27-24-13-7-12-22-23(14-8-18-42-26-15-6-10-20-9-2-3-11-21(20)26)29(31(39)40)38(28(22)24)16-4-5-17-41-19-25(27)36-37/h2-3,6-7,9-13,15H,4-5,8,14,16-19H2,1H3,(H,39,40)/p-1. The molecule has 42 heavy (non-hydrogen) atoms. The number of carbonyl (C=O) groups is 1. The number of hydrogen-bond acceptors (Lipinski definition) is 5. The van der Waals surface area contributed by atoms with E-state index in [1.54, 1.807) is 22.8 Å². The summed E-state index contributed by atoms with van der Waals surface area (Å²) in [6, 6.07) is 18.7. The summed E-state index contributed by atoms with van der Waals surface area (Å²) in [4.78, 5) is 12.6. The summed E-state index contributed by atoms with van der Waals surface area (Å²) >= 11 is 0. The molecule has 10 heteroatoms. The molecule has 0 N–H and O–H groups in total. The number of para-hydroxylation sites is 1. The topological polar surface area (TPSA) is 81.3 Å². The minimum Gasteiger partial charge on any atom is -0.543 e. The zero-order valence-corrected chi connectivity index (χ0v) is 23.0. The fraction of sp³-hybridized carbons (Fsp3) is 0.312. The molecule has 2 aromatic heterocycles. The number of rotatable bonds is 6. The molecule has 0 saturated carbocycles. The number of carbonyl (C=O) groups excluding carboxylic acids is 1. The molecule has 1 aliphatic heterocycles. The van der Waals surface area contributed by atoms with Gasteiger partial charge in [0.05, 0.1) is 36.1 Å². The minimum absolute atomic E-state index is 0.0122. The van der Waals surface area contributed by atoms with Crippen LogP contribution in [0.1, 0.15) is 46.7 Å². The lowest BCUT2D eigenvalue weighted by Gasteiger charge is -2.15. The number of aromatic nitrogens is 3. The number of carboxylic acids is 1. The summed E-state index contributed by atoms with van der Waals surface area (Å²) in [7, 11) is 1.26. The molecule has 0 spiro atoms. The molecule has 0 aliphatic carbocycles. The van der Waals surface area contributed by atoms with E-state index < -0.39 is 17.8 Å². The molecular formula is C32H29F3N3O4-. The van der Waals surface area contributed by atoms with Crippen molar-refractivity contribution < 1.29 is 32.5 Å². The van der Waals surface area contributed by atoms with E-state index in [2.05, 4.69) is 5.10 Å². The zero-order chi connectivity index (χ0) is 29.4. The normalized spacial score (nSPS) is 14.1. The van der Waals surface area contributed by atoms with Crippen LogP contribution in [0.25, 0.3) is 32.8 Å². The number of fused-ring (bicyclic) bond motifs is 3. The Morgan fingerprint density at radius 3 is 2.62 bits per heavy atom. The van der Waals surface area contributed by atoms with E-state index in [1.807, 2.05) is 42.5 Å². The first-order valence-electron chi connectivity index (χ1n) is 13.9. The molecule has 218 valence electrons. The van der Waals surface area contributed by atoms with E-state index in [4.69, 9.17) is 9.47 Å². The van der Waals surface area contributed by atoms with Crippen molar-refractivity contribution >= 4 is 27.6 Å². The maximum absolute atomic E-state index is 14.4. The average molecular weight is 577 g/mol. The molecule has 0 saturated heterocycles. The van der Waals surface area contributed by atoms with Crippen molar-refractivity contribution in [1.29, 1.82) is 0 Å². The van der Waals surface area contributed by atoms with Crippen LogP contribution in [0.15, 0.2) is 60.7 Å². The van der Waals surface area contributed by atoms with Gasteiger partial charge >= 0.3 is 6.18 Å². The first-order valence-corrected chi connectivity index (χ1v) is 13.9. The average Bonchev–Trinajstić information content (AvgIpc) is 3.46. The Bertz CT molecular complexity index is 1780. The number of carboxylic acid groups (broad SMARTS) is 1. The number of benzene rings is 3. The lowest BCUT2D eigenvalue weighted by Crippen LogP contribution is -2.27. The van der Waals surface area contributed by atoms with Gasteiger partial charge in [0, 0.05) is 42.1 Å². The highest BCUT2D eigenvalue weighted by Gasteiger charge is 2.40. The molecule has 7 nitrogen and oxygen atoms in total. The molecule has 5 aromatic rings. The van der Waals surface area contributed by atoms with Crippen LogP contribution >= 0.6 is 0 Å². The highest BCUT2D eigenvalue weighted by molar-refractivity contribution is 6.04. The second-order valence-corrected chi connectivity index (χ2v) is 10.4. The molecule has 0 radical (unpaired) electrons. The first-order chi connectivity index (χ1) is 20.3. The largest absolute Gasteiger partial charge is 0.543 e. The Labute approximate surface area is 240 Å². The van der Waals surface area contributed by atoms with Gasteiger partial charge < -0.3 is 23.9 Å². The molecule has 6 rings (SSSR count). The molecular weight excluding hydrogens is 547 g/mol. The van der Waals surface area contributed by atoms with Crippen molar-refractivity contribution in [3.05, 3.63) is 83.3 Å². The minimum atomic E-state index is -4.69. The van der Waals surface area contributed by atoms with Crippen LogP contribution in [0, 0.1) is 0 Å². The van der Waals surface area contributed by atoms with Gasteiger partial charge in [0.25, 0.3) is 0 Å². The van der Waals surface area contributed by atoms with Crippen molar-refractivity contribution in [3.8, 4) is 16.9 Å². The van der Waals surface area contributed by atoms with Gasteiger partial charge in [-0.3, -0.25) is 4.68 Å². The molecule has 3 aromatic carbocycles. The molecule has 0 unspecified atom stereocenters. The fourth-order valence-corrected chi connectivity index (χ4v) is 6.08. The lowest BCUT2D eigenvalue weighted by atomic mass is 9.98. The number of alkyl halides is 3. The van der Waals surface area contributed by atoms with E-state index >= 15 is 0 Å². The van der Waals surface area contributed by atoms with Crippen LogP contribution < -0.4 is 9.84 Å². The highest BCUT2D eigenvalue weighted by atomic mass is 19.4. The third kappa shape index (κ3) is 5.00. The third-order valence-corrected chi connectivity index (χ3v) is 7.78. The van der Waals surface area contributed by atoms with Gasteiger partial charge in [0.15, 0.2) is 5.69 Å². The lowest BCUT2D eigenvalue weighted by molar-refractivity contribution is -0.255. The summed E-state index contributed by atoms with van der Waals surface area (Å²) in [5.41, 5.74) is 0.389. The Morgan fingerprint density at radius 1 is 1.05 bits per heavy atom. The molecule has 0 bridgehead atoms. The second-order valence-electron chi connectivity index (χ2n) is 10.4. The van der Waals surface area contributed by atoms with Gasteiger partial charge in [-0.05, 0) is 42.7 Å². The van der Waals surface area contributed by atoms with E-state index in [0.717, 1.165) is 21.2 Å².